The predicted octanol–water partition coefficient (Wildman–Crippen LogP) is 6.06. The minimum Gasteiger partial charge on any atom is -0.319 e. The molecule has 5 heteroatoms. The molecule has 0 atom stereocenters. The van der Waals surface area contributed by atoms with Crippen molar-refractivity contribution in [3.05, 3.63) is 115 Å². The molecule has 2 heterocycles. The number of halogens is 1. The Hall–Kier alpha value is -4.25. The van der Waals surface area contributed by atoms with Crippen molar-refractivity contribution in [3.63, 3.8) is 0 Å². The van der Waals surface area contributed by atoms with Crippen molar-refractivity contribution in [2.24, 2.45) is 0 Å². The second-order valence-corrected chi connectivity index (χ2v) is 7.16. The third-order valence-electron chi connectivity index (χ3n) is 5.14. The van der Waals surface area contributed by atoms with Crippen LogP contribution >= 0.6 is 0 Å². The molecule has 3 aromatic carbocycles. The summed E-state index contributed by atoms with van der Waals surface area (Å²) < 4.78 is 15.8. The van der Waals surface area contributed by atoms with E-state index in [1.807, 2.05) is 53.2 Å². The zero-order valence-electron chi connectivity index (χ0n) is 16.5. The fourth-order valence-electron chi connectivity index (χ4n) is 3.55. The summed E-state index contributed by atoms with van der Waals surface area (Å²) in [5.41, 5.74) is 5.14. The molecule has 0 bridgehead atoms. The fraction of sp³-hybridized carbons (Fsp3) is 0. The molecule has 31 heavy (non-hydrogen) atoms. The highest BCUT2D eigenvalue weighted by Gasteiger charge is 2.14. The summed E-state index contributed by atoms with van der Waals surface area (Å²) in [4.78, 5) is 17.2. The van der Waals surface area contributed by atoms with Gasteiger partial charge >= 0.3 is 0 Å². The van der Waals surface area contributed by atoms with Crippen LogP contribution in [-0.2, 0) is 0 Å². The summed E-state index contributed by atoms with van der Waals surface area (Å²) in [6, 6.07) is 27.8. The van der Waals surface area contributed by atoms with E-state index in [9.17, 15) is 9.18 Å². The first-order valence-corrected chi connectivity index (χ1v) is 9.88. The highest BCUT2D eigenvalue weighted by atomic mass is 19.1. The van der Waals surface area contributed by atoms with Gasteiger partial charge in [0.15, 0.2) is 5.65 Å². The normalized spacial score (nSPS) is 10.9. The zero-order valence-corrected chi connectivity index (χ0v) is 16.5. The molecule has 0 fully saturated rings. The SMILES string of the molecule is O=C(Nc1cccn2cc(-c3ccc(-c4ccccc4)cc3)nc12)c1ccccc1F. The molecule has 150 valence electrons. The molecule has 0 aliphatic heterocycles. The third-order valence-corrected chi connectivity index (χ3v) is 5.14. The van der Waals surface area contributed by atoms with Gasteiger partial charge in [-0.05, 0) is 35.4 Å². The van der Waals surface area contributed by atoms with Gasteiger partial charge < -0.3 is 9.72 Å². The number of aromatic nitrogens is 2. The molecule has 0 spiro atoms. The van der Waals surface area contributed by atoms with Crippen molar-refractivity contribution >= 4 is 17.2 Å². The maximum atomic E-state index is 14.0. The first kappa shape index (κ1) is 18.8. The number of pyridine rings is 1. The average Bonchev–Trinajstić information content (AvgIpc) is 3.25. The van der Waals surface area contributed by atoms with Crippen LogP contribution in [0.4, 0.5) is 10.1 Å². The number of fused-ring (bicyclic) bond motifs is 1. The minimum atomic E-state index is -0.561. The van der Waals surface area contributed by atoms with Crippen LogP contribution in [0.25, 0.3) is 28.0 Å². The van der Waals surface area contributed by atoms with Gasteiger partial charge in [0.1, 0.15) is 5.82 Å². The first-order valence-electron chi connectivity index (χ1n) is 9.88. The number of nitrogens with zero attached hydrogens (tertiary/aromatic N) is 2. The van der Waals surface area contributed by atoms with E-state index < -0.39 is 11.7 Å². The Labute approximate surface area is 178 Å². The standard InChI is InChI=1S/C26H18FN3O/c27-22-10-5-4-9-21(22)26(31)29-23-11-6-16-30-17-24(28-25(23)30)20-14-12-19(13-15-20)18-7-2-1-3-8-18/h1-17H,(H,29,31). The minimum absolute atomic E-state index is 0.00668. The van der Waals surface area contributed by atoms with Crippen LogP contribution in [0.5, 0.6) is 0 Å². The maximum Gasteiger partial charge on any atom is 0.258 e. The number of benzene rings is 3. The lowest BCUT2D eigenvalue weighted by molar-refractivity contribution is 0.102. The molecule has 1 N–H and O–H groups in total. The van der Waals surface area contributed by atoms with Crippen molar-refractivity contribution in [2.75, 3.05) is 5.32 Å². The molecule has 5 aromatic rings. The zero-order chi connectivity index (χ0) is 21.2. The summed E-state index contributed by atoms with van der Waals surface area (Å²) in [7, 11) is 0. The van der Waals surface area contributed by atoms with Gasteiger partial charge in [-0.25, -0.2) is 9.37 Å². The molecule has 4 nitrogen and oxygen atoms in total. The molecular weight excluding hydrogens is 389 g/mol. The van der Waals surface area contributed by atoms with E-state index in [0.717, 1.165) is 22.4 Å². The smallest absolute Gasteiger partial charge is 0.258 e. The topological polar surface area (TPSA) is 46.4 Å². The summed E-state index contributed by atoms with van der Waals surface area (Å²) in [5, 5.41) is 2.78. The van der Waals surface area contributed by atoms with Crippen molar-refractivity contribution in [2.45, 2.75) is 0 Å². The Balaban J connectivity index is 1.46. The van der Waals surface area contributed by atoms with Gasteiger partial charge in [-0.3, -0.25) is 4.79 Å². The molecule has 0 saturated heterocycles. The summed E-state index contributed by atoms with van der Waals surface area (Å²) >= 11 is 0. The van der Waals surface area contributed by atoms with Gasteiger partial charge in [-0.1, -0.05) is 66.7 Å². The van der Waals surface area contributed by atoms with E-state index in [1.165, 1.54) is 12.1 Å². The number of hydrogen-bond donors (Lipinski definition) is 1. The number of carbonyl (C=O) groups is 1. The molecule has 2 aromatic heterocycles. The number of amides is 1. The van der Waals surface area contributed by atoms with Gasteiger partial charge in [0.25, 0.3) is 5.91 Å². The van der Waals surface area contributed by atoms with E-state index in [1.54, 1.807) is 18.2 Å². The van der Waals surface area contributed by atoms with Crippen LogP contribution in [0.1, 0.15) is 10.4 Å². The van der Waals surface area contributed by atoms with Crippen LogP contribution in [0.15, 0.2) is 103 Å². The van der Waals surface area contributed by atoms with E-state index in [4.69, 9.17) is 4.98 Å². The Morgan fingerprint density at radius 3 is 2.23 bits per heavy atom. The Kier molecular flexibility index (Phi) is 4.77. The fourth-order valence-corrected chi connectivity index (χ4v) is 3.55. The summed E-state index contributed by atoms with van der Waals surface area (Å²) in [5.74, 6) is -1.07. The van der Waals surface area contributed by atoms with Crippen molar-refractivity contribution in [1.29, 1.82) is 0 Å². The molecule has 1 amide bonds. The Morgan fingerprint density at radius 1 is 0.774 bits per heavy atom. The molecule has 0 radical (unpaired) electrons. The number of carbonyl (C=O) groups excluding carboxylic acids is 1. The lowest BCUT2D eigenvalue weighted by Crippen LogP contribution is -2.14. The Morgan fingerprint density at radius 2 is 1.45 bits per heavy atom. The van der Waals surface area contributed by atoms with Crippen molar-refractivity contribution in [1.82, 2.24) is 9.38 Å². The predicted molar refractivity (Wildman–Crippen MR) is 120 cm³/mol. The van der Waals surface area contributed by atoms with E-state index in [0.29, 0.717) is 11.3 Å². The van der Waals surface area contributed by atoms with Gasteiger partial charge in [0.05, 0.1) is 16.9 Å². The monoisotopic (exact) mass is 407 g/mol. The second kappa shape index (κ2) is 7.88. The summed E-state index contributed by atoms with van der Waals surface area (Å²) in [6.07, 6.45) is 3.77. The van der Waals surface area contributed by atoms with E-state index in [-0.39, 0.29) is 5.56 Å². The van der Waals surface area contributed by atoms with Crippen LogP contribution < -0.4 is 5.32 Å². The molecular formula is C26H18FN3O. The van der Waals surface area contributed by atoms with E-state index in [2.05, 4.69) is 29.6 Å². The number of nitrogens with one attached hydrogen (secondary N) is 1. The number of rotatable bonds is 4. The lowest BCUT2D eigenvalue weighted by Gasteiger charge is -2.07. The molecule has 0 aliphatic carbocycles. The molecule has 0 unspecified atom stereocenters. The largest absolute Gasteiger partial charge is 0.319 e. The van der Waals surface area contributed by atoms with E-state index >= 15 is 0 Å². The van der Waals surface area contributed by atoms with Gasteiger partial charge in [-0.15, -0.1) is 0 Å². The quantitative estimate of drug-likeness (QED) is 0.394. The Bertz CT molecular complexity index is 1380. The lowest BCUT2D eigenvalue weighted by atomic mass is 10.0. The van der Waals surface area contributed by atoms with Crippen molar-refractivity contribution < 1.29 is 9.18 Å². The van der Waals surface area contributed by atoms with Crippen LogP contribution in [0.3, 0.4) is 0 Å². The maximum absolute atomic E-state index is 14.0. The van der Waals surface area contributed by atoms with Gasteiger partial charge in [-0.2, -0.15) is 0 Å². The second-order valence-electron chi connectivity index (χ2n) is 7.16. The average molecular weight is 407 g/mol. The third kappa shape index (κ3) is 3.69. The molecule has 5 rings (SSSR count). The van der Waals surface area contributed by atoms with Crippen LogP contribution in [0.2, 0.25) is 0 Å². The molecule has 0 saturated carbocycles. The first-order chi connectivity index (χ1) is 15.2. The van der Waals surface area contributed by atoms with Crippen molar-refractivity contribution in [3.8, 4) is 22.4 Å². The number of imidazole rings is 1. The van der Waals surface area contributed by atoms with Gasteiger partial charge in [0, 0.05) is 18.0 Å². The van der Waals surface area contributed by atoms with Gasteiger partial charge in [0.2, 0.25) is 0 Å². The van der Waals surface area contributed by atoms with Crippen LogP contribution in [0, 0.1) is 5.82 Å². The highest BCUT2D eigenvalue weighted by Crippen LogP contribution is 2.26. The highest BCUT2D eigenvalue weighted by molar-refractivity contribution is 6.06. The number of anilines is 1. The molecule has 0 aliphatic rings. The number of hydrogen-bond acceptors (Lipinski definition) is 2. The van der Waals surface area contributed by atoms with Crippen LogP contribution in [-0.4, -0.2) is 15.3 Å². The summed E-state index contributed by atoms with van der Waals surface area (Å²) in [6.45, 7) is 0.